The normalized spacial score (nSPS) is 23.0. The van der Waals surface area contributed by atoms with Crippen molar-refractivity contribution in [1.29, 1.82) is 0 Å². The van der Waals surface area contributed by atoms with Crippen LogP contribution in [0.4, 0.5) is 0 Å². The molecule has 1 fully saturated rings. The first-order chi connectivity index (χ1) is 9.42. The van der Waals surface area contributed by atoms with E-state index in [2.05, 4.69) is 24.1 Å². The number of hydrogen-bond donors (Lipinski definition) is 1. The molecule has 0 radical (unpaired) electrons. The Labute approximate surface area is 124 Å². The molecule has 0 aromatic heterocycles. The number of hydrogen-bond acceptors (Lipinski definition) is 4. The average molecular weight is 284 g/mol. The second-order valence-electron chi connectivity index (χ2n) is 6.62. The van der Waals surface area contributed by atoms with Gasteiger partial charge in [-0.1, -0.05) is 13.8 Å². The molecule has 1 rings (SSSR count). The van der Waals surface area contributed by atoms with Crippen LogP contribution in [0.5, 0.6) is 0 Å². The van der Waals surface area contributed by atoms with E-state index in [0.29, 0.717) is 0 Å². The summed E-state index contributed by atoms with van der Waals surface area (Å²) < 4.78 is 4.87. The summed E-state index contributed by atoms with van der Waals surface area (Å²) in [5, 5.41) is 3.09. The number of ether oxygens (including phenoxy) is 1. The Morgan fingerprint density at radius 1 is 1.45 bits per heavy atom. The van der Waals surface area contributed by atoms with Crippen molar-refractivity contribution in [2.75, 3.05) is 33.8 Å². The molecule has 1 heterocycles. The van der Waals surface area contributed by atoms with E-state index >= 15 is 0 Å². The number of rotatable bonds is 8. The Morgan fingerprint density at radius 2 is 2.15 bits per heavy atom. The highest BCUT2D eigenvalue weighted by Gasteiger charge is 2.32. The number of likely N-dealkylation sites (tertiary alicyclic amines) is 1. The first-order valence-electron chi connectivity index (χ1n) is 7.92. The van der Waals surface area contributed by atoms with Crippen LogP contribution in [0.1, 0.15) is 46.5 Å². The lowest BCUT2D eigenvalue weighted by Gasteiger charge is -2.26. The fraction of sp³-hybridized carbons (Fsp3) is 0.938. The first kappa shape index (κ1) is 17.4. The van der Waals surface area contributed by atoms with Crippen molar-refractivity contribution in [3.8, 4) is 0 Å². The molecule has 2 atom stereocenters. The Kier molecular flexibility index (Phi) is 6.96. The smallest absolute Gasteiger partial charge is 0.325 e. The summed E-state index contributed by atoms with van der Waals surface area (Å²) in [7, 11) is 3.28. The first-order valence-corrected chi connectivity index (χ1v) is 7.92. The van der Waals surface area contributed by atoms with E-state index in [1.165, 1.54) is 26.6 Å². The lowest BCUT2D eigenvalue weighted by Crippen LogP contribution is -2.48. The zero-order valence-electron chi connectivity index (χ0n) is 13.9. The second kappa shape index (κ2) is 7.99. The standard InChI is InChI=1S/C16H32N2O2/c1-13(2)14-8-11-18(12-14)10-7-6-9-16(3,17-4)15(19)20-5/h13-14,17H,6-12H2,1-5H3. The minimum absolute atomic E-state index is 0.166. The van der Waals surface area contributed by atoms with Crippen LogP contribution in [0.15, 0.2) is 0 Å². The Balaban J connectivity index is 2.23. The summed E-state index contributed by atoms with van der Waals surface area (Å²) in [4.78, 5) is 14.3. The fourth-order valence-corrected chi connectivity index (χ4v) is 2.98. The summed E-state index contributed by atoms with van der Waals surface area (Å²) in [5.41, 5.74) is -0.541. The lowest BCUT2D eigenvalue weighted by molar-refractivity contribution is -0.148. The molecule has 0 aromatic carbocycles. The van der Waals surface area contributed by atoms with Gasteiger partial charge in [-0.3, -0.25) is 4.79 Å². The molecule has 4 heteroatoms. The van der Waals surface area contributed by atoms with Gasteiger partial charge in [-0.2, -0.15) is 0 Å². The van der Waals surface area contributed by atoms with E-state index in [0.717, 1.165) is 37.6 Å². The lowest BCUT2D eigenvalue weighted by atomic mass is 9.95. The third-order valence-corrected chi connectivity index (χ3v) is 4.84. The highest BCUT2D eigenvalue weighted by Crippen LogP contribution is 2.24. The van der Waals surface area contributed by atoms with Gasteiger partial charge in [0.2, 0.25) is 0 Å². The minimum Gasteiger partial charge on any atom is -0.468 e. The molecule has 4 nitrogen and oxygen atoms in total. The van der Waals surface area contributed by atoms with Gasteiger partial charge in [0.05, 0.1) is 7.11 Å². The molecular formula is C16H32N2O2. The number of methoxy groups -OCH3 is 1. The van der Waals surface area contributed by atoms with Gasteiger partial charge in [-0.25, -0.2) is 0 Å². The van der Waals surface area contributed by atoms with E-state index in [1.807, 2.05) is 14.0 Å². The van der Waals surface area contributed by atoms with Crippen molar-refractivity contribution in [3.05, 3.63) is 0 Å². The van der Waals surface area contributed by atoms with Crippen LogP contribution >= 0.6 is 0 Å². The fourth-order valence-electron chi connectivity index (χ4n) is 2.98. The van der Waals surface area contributed by atoms with Crippen LogP contribution in [0.2, 0.25) is 0 Å². The van der Waals surface area contributed by atoms with Crippen LogP contribution in [0.25, 0.3) is 0 Å². The molecule has 1 aliphatic rings. The monoisotopic (exact) mass is 284 g/mol. The third-order valence-electron chi connectivity index (χ3n) is 4.84. The molecule has 118 valence electrons. The van der Waals surface area contributed by atoms with Crippen LogP contribution in [-0.4, -0.2) is 50.2 Å². The van der Waals surface area contributed by atoms with Gasteiger partial charge < -0.3 is 15.0 Å². The second-order valence-corrected chi connectivity index (χ2v) is 6.62. The molecule has 0 saturated carbocycles. The van der Waals surface area contributed by atoms with Crippen molar-refractivity contribution >= 4 is 5.97 Å². The molecule has 0 spiro atoms. The number of likely N-dealkylation sites (N-methyl/N-ethyl adjacent to an activating group) is 1. The molecule has 1 saturated heterocycles. The number of nitrogens with zero attached hydrogens (tertiary/aromatic N) is 1. The quantitative estimate of drug-likeness (QED) is 0.548. The number of nitrogens with one attached hydrogen (secondary N) is 1. The van der Waals surface area contributed by atoms with E-state index in [1.54, 1.807) is 0 Å². The molecular weight excluding hydrogens is 252 g/mol. The number of unbranched alkanes of at least 4 members (excludes halogenated alkanes) is 1. The Hall–Kier alpha value is -0.610. The van der Waals surface area contributed by atoms with Crippen LogP contribution in [-0.2, 0) is 9.53 Å². The topological polar surface area (TPSA) is 41.6 Å². The number of carbonyl (C=O) groups excluding carboxylic acids is 1. The van der Waals surface area contributed by atoms with Crippen LogP contribution in [0, 0.1) is 11.8 Å². The molecule has 0 amide bonds. The maximum Gasteiger partial charge on any atom is 0.325 e. The molecule has 1 aliphatic heterocycles. The van der Waals surface area contributed by atoms with Gasteiger partial charge in [0.15, 0.2) is 0 Å². The van der Waals surface area contributed by atoms with Gasteiger partial charge >= 0.3 is 5.97 Å². The van der Waals surface area contributed by atoms with Crippen molar-refractivity contribution in [2.45, 2.75) is 52.0 Å². The molecule has 2 unspecified atom stereocenters. The van der Waals surface area contributed by atoms with Crippen molar-refractivity contribution in [1.82, 2.24) is 10.2 Å². The van der Waals surface area contributed by atoms with Gasteiger partial charge in [0.1, 0.15) is 5.54 Å². The van der Waals surface area contributed by atoms with E-state index in [4.69, 9.17) is 4.74 Å². The molecule has 1 N–H and O–H groups in total. The molecule has 0 aliphatic carbocycles. The molecule has 0 aromatic rings. The van der Waals surface area contributed by atoms with E-state index < -0.39 is 5.54 Å². The summed E-state index contributed by atoms with van der Waals surface area (Å²) >= 11 is 0. The highest BCUT2D eigenvalue weighted by molar-refractivity contribution is 5.80. The minimum atomic E-state index is -0.541. The number of esters is 1. The van der Waals surface area contributed by atoms with Crippen molar-refractivity contribution in [2.24, 2.45) is 11.8 Å². The van der Waals surface area contributed by atoms with E-state index in [-0.39, 0.29) is 5.97 Å². The Morgan fingerprint density at radius 3 is 2.65 bits per heavy atom. The summed E-state index contributed by atoms with van der Waals surface area (Å²) in [6, 6.07) is 0. The van der Waals surface area contributed by atoms with Crippen LogP contribution < -0.4 is 5.32 Å². The third kappa shape index (κ3) is 4.74. The van der Waals surface area contributed by atoms with Crippen molar-refractivity contribution in [3.63, 3.8) is 0 Å². The summed E-state index contributed by atoms with van der Waals surface area (Å²) in [6.45, 7) is 10.2. The van der Waals surface area contributed by atoms with E-state index in [9.17, 15) is 4.79 Å². The number of carbonyl (C=O) groups is 1. The predicted octanol–water partition coefficient (Wildman–Crippen LogP) is 2.29. The Bertz CT molecular complexity index is 307. The largest absolute Gasteiger partial charge is 0.468 e. The van der Waals surface area contributed by atoms with Gasteiger partial charge in [-0.15, -0.1) is 0 Å². The SMILES string of the molecule is CNC(C)(CCCCN1CCC(C(C)C)C1)C(=O)OC. The van der Waals surface area contributed by atoms with Gasteiger partial charge in [0.25, 0.3) is 0 Å². The zero-order valence-corrected chi connectivity index (χ0v) is 13.9. The summed E-state index contributed by atoms with van der Waals surface area (Å²) in [5.74, 6) is 1.50. The van der Waals surface area contributed by atoms with Gasteiger partial charge in [-0.05, 0) is 64.6 Å². The molecule has 20 heavy (non-hydrogen) atoms. The average Bonchev–Trinajstić information content (AvgIpc) is 2.91. The maximum atomic E-state index is 11.7. The van der Waals surface area contributed by atoms with Crippen LogP contribution in [0.3, 0.4) is 0 Å². The van der Waals surface area contributed by atoms with Gasteiger partial charge in [0, 0.05) is 6.54 Å². The predicted molar refractivity (Wildman–Crippen MR) is 82.7 cm³/mol. The molecule has 0 bridgehead atoms. The maximum absolute atomic E-state index is 11.7. The zero-order chi connectivity index (χ0) is 15.2. The van der Waals surface area contributed by atoms with Crippen molar-refractivity contribution < 1.29 is 9.53 Å². The highest BCUT2D eigenvalue weighted by atomic mass is 16.5. The summed E-state index contributed by atoms with van der Waals surface area (Å²) in [6.07, 6.45) is 4.38.